The largest absolute Gasteiger partial charge is 0.494 e. The van der Waals surface area contributed by atoms with Crippen molar-refractivity contribution >= 4 is 0 Å². The highest BCUT2D eigenvalue weighted by Crippen LogP contribution is 2.42. The second kappa shape index (κ2) is 11.7. The van der Waals surface area contributed by atoms with Gasteiger partial charge in [-0.05, 0) is 42.0 Å². The van der Waals surface area contributed by atoms with Gasteiger partial charge < -0.3 is 14.6 Å². The van der Waals surface area contributed by atoms with Crippen molar-refractivity contribution in [1.82, 2.24) is 4.90 Å². The Balaban J connectivity index is 1.86. The fraction of sp³-hybridized carbons (Fsp3) is 0.556. The van der Waals surface area contributed by atoms with Gasteiger partial charge in [0, 0.05) is 25.6 Å². The molecule has 0 saturated carbocycles. The quantitative estimate of drug-likeness (QED) is 0.536. The first-order chi connectivity index (χ1) is 15.0. The molecular weight excluding hydrogens is 386 g/mol. The number of benzene rings is 2. The van der Waals surface area contributed by atoms with Crippen molar-refractivity contribution in [3.63, 3.8) is 0 Å². The lowest BCUT2D eigenvalue weighted by Crippen LogP contribution is -2.45. The molecule has 1 aliphatic rings. The summed E-state index contributed by atoms with van der Waals surface area (Å²) in [6, 6.07) is 18.6. The third-order valence-electron chi connectivity index (χ3n) is 6.27. The van der Waals surface area contributed by atoms with Gasteiger partial charge in [-0.25, -0.2) is 0 Å². The summed E-state index contributed by atoms with van der Waals surface area (Å²) in [7, 11) is 0. The molecule has 170 valence electrons. The molecule has 1 heterocycles. The van der Waals surface area contributed by atoms with Crippen LogP contribution in [0.25, 0.3) is 0 Å². The van der Waals surface area contributed by atoms with Gasteiger partial charge in [0.2, 0.25) is 0 Å². The highest BCUT2D eigenvalue weighted by molar-refractivity contribution is 5.35. The summed E-state index contributed by atoms with van der Waals surface area (Å²) in [5, 5.41) is 12.2. The maximum Gasteiger partial charge on any atom is 0.119 e. The fourth-order valence-corrected chi connectivity index (χ4v) is 4.41. The zero-order valence-corrected chi connectivity index (χ0v) is 19.4. The van der Waals surface area contributed by atoms with E-state index in [1.807, 2.05) is 18.2 Å². The zero-order valence-electron chi connectivity index (χ0n) is 19.4. The average Bonchev–Trinajstić information content (AvgIpc) is 2.79. The number of hydrogen-bond acceptors (Lipinski definition) is 4. The van der Waals surface area contributed by atoms with E-state index in [4.69, 9.17) is 9.47 Å². The zero-order chi connectivity index (χ0) is 22.1. The van der Waals surface area contributed by atoms with Crippen molar-refractivity contribution in [2.75, 3.05) is 39.5 Å². The first-order valence-electron chi connectivity index (χ1n) is 11.8. The lowest BCUT2D eigenvalue weighted by atomic mass is 9.74. The number of rotatable bonds is 11. The van der Waals surface area contributed by atoms with Crippen molar-refractivity contribution < 1.29 is 14.6 Å². The van der Waals surface area contributed by atoms with Gasteiger partial charge in [0.25, 0.3) is 0 Å². The van der Waals surface area contributed by atoms with E-state index in [1.165, 1.54) is 5.56 Å². The van der Waals surface area contributed by atoms with Crippen molar-refractivity contribution in [2.45, 2.75) is 51.6 Å². The smallest absolute Gasteiger partial charge is 0.119 e. The minimum atomic E-state index is -0.940. The van der Waals surface area contributed by atoms with Gasteiger partial charge >= 0.3 is 0 Å². The Morgan fingerprint density at radius 1 is 1.03 bits per heavy atom. The summed E-state index contributed by atoms with van der Waals surface area (Å²) in [4.78, 5) is 2.42. The normalized spacial score (nSPS) is 18.0. The Bertz CT molecular complexity index is 756. The molecule has 2 aromatic rings. The maximum atomic E-state index is 12.2. The molecule has 0 unspecified atom stereocenters. The van der Waals surface area contributed by atoms with Gasteiger partial charge in [-0.1, -0.05) is 69.7 Å². The second-order valence-corrected chi connectivity index (χ2v) is 9.11. The SMILES string of the molecule is CCC[C@](O)(c1ccc(OCCC(C)C)cc1)[C@@H](CN1CCOCC1)c1ccccc1. The van der Waals surface area contributed by atoms with Gasteiger partial charge in [-0.15, -0.1) is 0 Å². The number of nitrogens with zero attached hydrogens (tertiary/aromatic N) is 1. The molecule has 0 spiro atoms. The molecule has 2 atom stereocenters. The van der Waals surface area contributed by atoms with E-state index in [0.717, 1.165) is 63.6 Å². The van der Waals surface area contributed by atoms with E-state index in [2.05, 4.69) is 62.1 Å². The van der Waals surface area contributed by atoms with Crippen LogP contribution in [0.4, 0.5) is 0 Å². The summed E-state index contributed by atoms with van der Waals surface area (Å²) >= 11 is 0. The predicted octanol–water partition coefficient (Wildman–Crippen LogP) is 5.22. The van der Waals surface area contributed by atoms with Crippen molar-refractivity contribution in [3.05, 3.63) is 65.7 Å². The number of hydrogen-bond donors (Lipinski definition) is 1. The molecular formula is C27H39NO3. The molecule has 3 rings (SSSR count). The molecule has 0 amide bonds. The predicted molar refractivity (Wildman–Crippen MR) is 127 cm³/mol. The Kier molecular flexibility index (Phi) is 8.94. The van der Waals surface area contributed by atoms with E-state index in [0.29, 0.717) is 12.3 Å². The third kappa shape index (κ3) is 6.55. The summed E-state index contributed by atoms with van der Waals surface area (Å²) in [6.45, 7) is 11.4. The van der Waals surface area contributed by atoms with E-state index in [1.54, 1.807) is 0 Å². The van der Waals surface area contributed by atoms with Crippen LogP contribution in [0.1, 0.15) is 57.1 Å². The highest BCUT2D eigenvalue weighted by atomic mass is 16.5. The first kappa shape index (κ1) is 23.8. The minimum Gasteiger partial charge on any atom is -0.494 e. The molecule has 1 aliphatic heterocycles. The van der Waals surface area contributed by atoms with Crippen LogP contribution in [0.15, 0.2) is 54.6 Å². The second-order valence-electron chi connectivity index (χ2n) is 9.11. The standard InChI is InChI=1S/C27H39NO3/c1-4-15-27(29,24-10-12-25(13-11-24)31-18-14-22(2)3)26(23-8-6-5-7-9-23)21-28-16-19-30-20-17-28/h5-13,22,26,29H,4,14-21H2,1-3H3/t26-,27-/m0/s1. The van der Waals surface area contributed by atoms with Crippen molar-refractivity contribution in [1.29, 1.82) is 0 Å². The van der Waals surface area contributed by atoms with Crippen LogP contribution in [-0.2, 0) is 10.3 Å². The van der Waals surface area contributed by atoms with Crippen LogP contribution in [-0.4, -0.2) is 49.5 Å². The minimum absolute atomic E-state index is 0.0144. The van der Waals surface area contributed by atoms with Crippen LogP contribution in [0.2, 0.25) is 0 Å². The first-order valence-corrected chi connectivity index (χ1v) is 11.8. The van der Waals surface area contributed by atoms with Crippen LogP contribution in [0.5, 0.6) is 5.75 Å². The Morgan fingerprint density at radius 2 is 1.71 bits per heavy atom. The van der Waals surface area contributed by atoms with Gasteiger partial charge in [0.05, 0.1) is 25.4 Å². The molecule has 1 fully saturated rings. The molecule has 1 saturated heterocycles. The van der Waals surface area contributed by atoms with E-state index in [9.17, 15) is 5.11 Å². The van der Waals surface area contributed by atoms with E-state index >= 15 is 0 Å². The lowest BCUT2D eigenvalue weighted by molar-refractivity contribution is -0.0285. The van der Waals surface area contributed by atoms with Gasteiger partial charge in [-0.3, -0.25) is 4.90 Å². The Morgan fingerprint density at radius 3 is 2.32 bits per heavy atom. The summed E-state index contributed by atoms with van der Waals surface area (Å²) in [5.74, 6) is 1.48. The van der Waals surface area contributed by atoms with Gasteiger partial charge in [0.15, 0.2) is 0 Å². The van der Waals surface area contributed by atoms with E-state index < -0.39 is 5.60 Å². The van der Waals surface area contributed by atoms with Crippen LogP contribution >= 0.6 is 0 Å². The molecule has 0 aromatic heterocycles. The monoisotopic (exact) mass is 425 g/mol. The van der Waals surface area contributed by atoms with Crippen LogP contribution < -0.4 is 4.74 Å². The van der Waals surface area contributed by atoms with Crippen molar-refractivity contribution in [2.24, 2.45) is 5.92 Å². The van der Waals surface area contributed by atoms with Crippen molar-refractivity contribution in [3.8, 4) is 5.75 Å². The summed E-state index contributed by atoms with van der Waals surface area (Å²) in [6.07, 6.45) is 2.66. The maximum absolute atomic E-state index is 12.2. The number of morpholine rings is 1. The molecule has 0 aliphatic carbocycles. The Labute approximate surface area is 188 Å². The molecule has 0 radical (unpaired) electrons. The molecule has 4 heteroatoms. The third-order valence-corrected chi connectivity index (χ3v) is 6.27. The topological polar surface area (TPSA) is 41.9 Å². The van der Waals surface area contributed by atoms with Gasteiger partial charge in [-0.2, -0.15) is 0 Å². The molecule has 0 bridgehead atoms. The average molecular weight is 426 g/mol. The fourth-order valence-electron chi connectivity index (χ4n) is 4.41. The van der Waals surface area contributed by atoms with Gasteiger partial charge in [0.1, 0.15) is 5.75 Å². The molecule has 1 N–H and O–H groups in total. The Hall–Kier alpha value is -1.88. The lowest BCUT2D eigenvalue weighted by Gasteiger charge is -2.41. The van der Waals surface area contributed by atoms with Crippen LogP contribution in [0.3, 0.4) is 0 Å². The molecule has 2 aromatic carbocycles. The number of ether oxygens (including phenoxy) is 2. The van der Waals surface area contributed by atoms with Crippen LogP contribution in [0, 0.1) is 5.92 Å². The summed E-state index contributed by atoms with van der Waals surface area (Å²) < 4.78 is 11.5. The highest BCUT2D eigenvalue weighted by Gasteiger charge is 2.39. The number of aliphatic hydroxyl groups is 1. The molecule has 4 nitrogen and oxygen atoms in total. The molecule has 31 heavy (non-hydrogen) atoms. The van der Waals surface area contributed by atoms with E-state index in [-0.39, 0.29) is 5.92 Å². The summed E-state index contributed by atoms with van der Waals surface area (Å²) in [5.41, 5.74) is 1.21.